The first-order valence-corrected chi connectivity index (χ1v) is 24.9. The van der Waals surface area contributed by atoms with E-state index in [0.717, 1.165) is 39.5 Å². The van der Waals surface area contributed by atoms with Gasteiger partial charge in [0.15, 0.2) is 0 Å². The van der Waals surface area contributed by atoms with Crippen LogP contribution in [-0.2, 0) is 16.2 Å². The number of para-hydroxylation sites is 1. The van der Waals surface area contributed by atoms with Crippen LogP contribution in [0.5, 0.6) is 0 Å². The Balaban J connectivity index is 1.11. The van der Waals surface area contributed by atoms with Gasteiger partial charge in [-0.2, -0.15) is 0 Å². The molecule has 0 saturated carbocycles. The molecule has 0 fully saturated rings. The van der Waals surface area contributed by atoms with Crippen molar-refractivity contribution < 1.29 is 8.83 Å². The Hall–Kier alpha value is -6.76. The molecule has 67 heavy (non-hydrogen) atoms. The molecular weight excluding hydrogens is 836 g/mol. The van der Waals surface area contributed by atoms with Gasteiger partial charge < -0.3 is 18.2 Å². The average Bonchev–Trinajstić information content (AvgIpc) is 4.06. The first-order chi connectivity index (χ1) is 32.2. The van der Waals surface area contributed by atoms with Gasteiger partial charge in [-0.1, -0.05) is 103 Å². The largest absolute Gasteiger partial charge is 0.456 e. The highest BCUT2D eigenvalue weighted by molar-refractivity contribution is 7.26. The van der Waals surface area contributed by atoms with Crippen molar-refractivity contribution in [3.8, 4) is 16.8 Å². The monoisotopic (exact) mass is 884 g/mol. The van der Waals surface area contributed by atoms with E-state index >= 15 is 0 Å². The number of thiophene rings is 1. The van der Waals surface area contributed by atoms with Crippen molar-refractivity contribution in [2.45, 2.75) is 84.5 Å². The molecule has 0 atom stereocenters. The smallest absolute Gasteiger partial charge is 0.333 e. The Morgan fingerprint density at radius 1 is 0.567 bits per heavy atom. The number of rotatable bonds is 1. The molecule has 12 aromatic rings. The van der Waals surface area contributed by atoms with Crippen LogP contribution in [0.2, 0.25) is 0 Å². The summed E-state index contributed by atoms with van der Waals surface area (Å²) in [6, 6.07) is 48.8. The zero-order chi connectivity index (χ0) is 45.2. The summed E-state index contributed by atoms with van der Waals surface area (Å²) in [5.74, 6) is 0. The van der Waals surface area contributed by atoms with Gasteiger partial charge in [-0.3, -0.25) is 0 Å². The lowest BCUT2D eigenvalue weighted by Gasteiger charge is -2.42. The zero-order valence-corrected chi connectivity index (χ0v) is 40.1. The third-order valence-electron chi connectivity index (χ3n) is 16.5. The number of benzene rings is 8. The summed E-state index contributed by atoms with van der Waals surface area (Å²) in [4.78, 5) is 2.68. The van der Waals surface area contributed by atoms with Crippen LogP contribution < -0.4 is 15.7 Å². The van der Waals surface area contributed by atoms with Gasteiger partial charge in [-0.05, 0) is 141 Å². The highest BCUT2D eigenvalue weighted by Crippen LogP contribution is 2.52. The van der Waals surface area contributed by atoms with Gasteiger partial charge in [0.2, 0.25) is 0 Å². The van der Waals surface area contributed by atoms with Gasteiger partial charge >= 0.3 is 6.85 Å². The molecule has 0 unspecified atom stereocenters. The van der Waals surface area contributed by atoms with Crippen molar-refractivity contribution in [2.24, 2.45) is 0 Å². The van der Waals surface area contributed by atoms with Crippen LogP contribution in [0.25, 0.3) is 103 Å². The number of nitrogens with zero attached hydrogens (tertiary/aromatic N) is 2. The van der Waals surface area contributed by atoms with Crippen molar-refractivity contribution in [1.82, 2.24) is 4.57 Å². The number of hydrogen-bond donors (Lipinski definition) is 0. The van der Waals surface area contributed by atoms with Crippen LogP contribution in [0.4, 0.5) is 11.4 Å². The van der Waals surface area contributed by atoms with Crippen LogP contribution >= 0.6 is 11.3 Å². The minimum absolute atomic E-state index is 0.0215. The predicted octanol–water partition coefficient (Wildman–Crippen LogP) is 16.1. The van der Waals surface area contributed by atoms with Crippen LogP contribution in [0.3, 0.4) is 0 Å². The molecule has 2 aliphatic heterocycles. The maximum absolute atomic E-state index is 7.06. The number of fused-ring (bicyclic) bond motifs is 18. The molecule has 0 spiro atoms. The molecule has 1 aliphatic carbocycles. The van der Waals surface area contributed by atoms with Crippen molar-refractivity contribution in [3.63, 3.8) is 0 Å². The van der Waals surface area contributed by atoms with Crippen molar-refractivity contribution >= 4 is 126 Å². The van der Waals surface area contributed by atoms with E-state index in [2.05, 4.69) is 192 Å². The SMILES string of the molecule is Cc1cc2c3c4c1c1cc5c(cc1n4-c1cc4c(cc1B3N(c1ccc(C(C)(C)C)cc1)c1cc3c(cc1-2)oc1cc2c(cc13)C(C)(C)CCC2(C)C)sc1ccccc14)oc1ccccc15. The van der Waals surface area contributed by atoms with Gasteiger partial charge in [0.05, 0.1) is 11.0 Å². The van der Waals surface area contributed by atoms with Crippen molar-refractivity contribution in [2.75, 3.05) is 4.81 Å². The van der Waals surface area contributed by atoms with Crippen LogP contribution in [-0.4, -0.2) is 11.4 Å². The maximum Gasteiger partial charge on any atom is 0.333 e. The Morgan fingerprint density at radius 3 is 2.01 bits per heavy atom. The lowest BCUT2D eigenvalue weighted by molar-refractivity contribution is 0.332. The second-order valence-corrected chi connectivity index (χ2v) is 23.5. The average molecular weight is 885 g/mol. The van der Waals surface area contributed by atoms with E-state index in [1.54, 1.807) is 0 Å². The molecule has 324 valence electrons. The number of aromatic nitrogens is 1. The van der Waals surface area contributed by atoms with E-state index in [0.29, 0.717) is 0 Å². The second-order valence-electron chi connectivity index (χ2n) is 22.4. The molecular formula is C61H49BN2O2S. The number of anilines is 2. The lowest BCUT2D eigenvalue weighted by Crippen LogP contribution is -2.60. The molecule has 0 amide bonds. The molecule has 3 aliphatic rings. The molecule has 6 heteroatoms. The van der Waals surface area contributed by atoms with Gasteiger partial charge in [-0.15, -0.1) is 11.3 Å². The Labute approximate surface area is 393 Å². The van der Waals surface area contributed by atoms with Crippen LogP contribution in [0.1, 0.15) is 83.6 Å². The highest BCUT2D eigenvalue weighted by Gasteiger charge is 2.45. The quantitative estimate of drug-likeness (QED) is 0.154. The Morgan fingerprint density at radius 2 is 1.22 bits per heavy atom. The summed E-state index contributed by atoms with van der Waals surface area (Å²) in [6.45, 7) is 18.8. The predicted molar refractivity (Wildman–Crippen MR) is 286 cm³/mol. The molecule has 0 radical (unpaired) electrons. The molecule has 6 heterocycles. The summed E-state index contributed by atoms with van der Waals surface area (Å²) in [5, 5.41) is 9.85. The zero-order valence-electron chi connectivity index (χ0n) is 39.2. The number of furan rings is 2. The highest BCUT2D eigenvalue weighted by atomic mass is 32.1. The molecule has 8 aromatic carbocycles. The van der Waals surface area contributed by atoms with Gasteiger partial charge in [0.1, 0.15) is 22.3 Å². The van der Waals surface area contributed by atoms with E-state index in [-0.39, 0.29) is 23.1 Å². The fourth-order valence-corrected chi connectivity index (χ4v) is 14.0. The van der Waals surface area contributed by atoms with Crippen molar-refractivity contribution in [1.29, 1.82) is 0 Å². The summed E-state index contributed by atoms with van der Waals surface area (Å²) in [7, 11) is 0. The third kappa shape index (κ3) is 4.94. The topological polar surface area (TPSA) is 34.5 Å². The van der Waals surface area contributed by atoms with E-state index in [1.165, 1.54) is 121 Å². The minimum Gasteiger partial charge on any atom is -0.456 e. The maximum atomic E-state index is 7.06. The summed E-state index contributed by atoms with van der Waals surface area (Å²) in [6.07, 6.45) is 2.33. The van der Waals surface area contributed by atoms with E-state index in [4.69, 9.17) is 8.83 Å². The fraction of sp³-hybridized carbons (Fsp3) is 0.213. The van der Waals surface area contributed by atoms with Gasteiger partial charge in [0.25, 0.3) is 0 Å². The Kier molecular flexibility index (Phi) is 7.11. The van der Waals surface area contributed by atoms with E-state index < -0.39 is 0 Å². The Bertz CT molecular complexity index is 4220. The lowest BCUT2D eigenvalue weighted by atomic mass is 9.44. The number of aryl methyl sites for hydroxylation is 1. The van der Waals surface area contributed by atoms with Gasteiger partial charge in [-0.25, -0.2) is 0 Å². The van der Waals surface area contributed by atoms with Crippen molar-refractivity contribution in [3.05, 3.63) is 150 Å². The summed E-state index contributed by atoms with van der Waals surface area (Å²) < 4.78 is 18.9. The molecule has 4 nitrogen and oxygen atoms in total. The molecule has 4 aromatic heterocycles. The fourth-order valence-electron chi connectivity index (χ4n) is 12.9. The summed E-state index contributed by atoms with van der Waals surface area (Å²) in [5.41, 5.74) is 20.6. The standard InChI is InChI=1S/C61H49BN2O2S/c1-32-23-42-37-28-51-40(39-25-44-45(29-52(39)66-51)61(7,8)22-21-60(44,5)6)26-48(37)64(34-19-17-33(18-20-34)59(2,3)4)62-46-30-55-41(36-14-10-12-16-54(36)67-55)27-49(46)63-47-31-53-38(35-13-9-11-15-50(35)65-53)24-43(47)56(32)58(63)57(42)62/h9-20,23-31H,21-22H2,1-8H3. The molecule has 0 N–H and O–H groups in total. The van der Waals surface area contributed by atoms with Crippen LogP contribution in [0.15, 0.2) is 136 Å². The summed E-state index contributed by atoms with van der Waals surface area (Å²) >= 11 is 1.90. The van der Waals surface area contributed by atoms with E-state index in [1.807, 2.05) is 11.3 Å². The molecule has 15 rings (SSSR count). The third-order valence-corrected chi connectivity index (χ3v) is 17.6. The number of hydrogen-bond acceptors (Lipinski definition) is 4. The van der Waals surface area contributed by atoms with Gasteiger partial charge in [0, 0.05) is 81.2 Å². The van der Waals surface area contributed by atoms with E-state index in [9.17, 15) is 0 Å². The first-order valence-electron chi connectivity index (χ1n) is 24.1. The van der Waals surface area contributed by atoms with Crippen LogP contribution in [0, 0.1) is 6.92 Å². The normalized spacial score (nSPS) is 16.1. The minimum atomic E-state index is -0.112. The first kappa shape index (κ1) is 38.4. The molecule has 0 saturated heterocycles. The molecule has 0 bridgehead atoms. The second kappa shape index (κ2) is 12.4.